The van der Waals surface area contributed by atoms with E-state index in [2.05, 4.69) is 15.6 Å². The second-order valence-corrected chi connectivity index (χ2v) is 5.46. The molecule has 0 aliphatic heterocycles. The molecule has 6 nitrogen and oxygen atoms in total. The molecule has 0 saturated heterocycles. The topological polar surface area (TPSA) is 84.2 Å². The second kappa shape index (κ2) is 8.43. The largest absolute Gasteiger partial charge is 0.465 e. The molecule has 0 aliphatic carbocycles. The minimum absolute atomic E-state index is 0.220. The highest BCUT2D eigenvalue weighted by Crippen LogP contribution is 2.10. The third kappa shape index (κ3) is 4.91. The van der Waals surface area contributed by atoms with Gasteiger partial charge in [0.05, 0.1) is 6.26 Å². The molecule has 0 unspecified atom stereocenters. The summed E-state index contributed by atoms with van der Waals surface area (Å²) in [6.45, 7) is 0.317. The number of nitrogens with one attached hydrogen (secondary N) is 2. The van der Waals surface area contributed by atoms with Gasteiger partial charge in [0.25, 0.3) is 5.91 Å². The number of rotatable bonds is 6. The highest BCUT2D eigenvalue weighted by molar-refractivity contribution is 6.04. The normalized spacial score (nSPS) is 10.6. The summed E-state index contributed by atoms with van der Waals surface area (Å²) in [4.78, 5) is 28.1. The van der Waals surface area contributed by atoms with E-state index in [-0.39, 0.29) is 11.8 Å². The fraction of sp³-hybridized carbons (Fsp3) is 0.0500. The number of aromatic nitrogens is 1. The summed E-state index contributed by atoms with van der Waals surface area (Å²) >= 11 is 0. The lowest BCUT2D eigenvalue weighted by Gasteiger charge is -2.07. The fourth-order valence-electron chi connectivity index (χ4n) is 2.25. The van der Waals surface area contributed by atoms with Gasteiger partial charge in [0.1, 0.15) is 5.76 Å². The molecule has 2 amide bonds. The highest BCUT2D eigenvalue weighted by Gasteiger charge is 2.07. The summed E-state index contributed by atoms with van der Waals surface area (Å²) in [5, 5.41) is 5.57. The van der Waals surface area contributed by atoms with Crippen LogP contribution >= 0.6 is 0 Å². The van der Waals surface area contributed by atoms with E-state index in [1.807, 2.05) is 6.07 Å². The Morgan fingerprint density at radius 3 is 2.69 bits per heavy atom. The first-order valence-electron chi connectivity index (χ1n) is 8.00. The first kappa shape index (κ1) is 17.2. The number of carbonyl (C=O) groups is 2. The van der Waals surface area contributed by atoms with Crippen molar-refractivity contribution in [3.8, 4) is 0 Å². The Balaban J connectivity index is 1.57. The van der Waals surface area contributed by atoms with Crippen LogP contribution in [0.3, 0.4) is 0 Å². The lowest BCUT2D eigenvalue weighted by Crippen LogP contribution is -2.20. The third-order valence-corrected chi connectivity index (χ3v) is 3.54. The molecule has 2 N–H and O–H groups in total. The zero-order chi connectivity index (χ0) is 18.2. The SMILES string of the molecule is O=C(/C=C/c1ccco1)NCc1cccc(C(=O)Nc2ccncc2)c1. The molecule has 3 rings (SSSR count). The Hall–Kier alpha value is -3.67. The van der Waals surface area contributed by atoms with Gasteiger partial charge in [-0.25, -0.2) is 0 Å². The molecule has 2 heterocycles. The molecule has 0 bridgehead atoms. The average Bonchev–Trinajstić information content (AvgIpc) is 3.19. The van der Waals surface area contributed by atoms with Crippen LogP contribution in [0.4, 0.5) is 5.69 Å². The number of carbonyl (C=O) groups excluding carboxylic acids is 2. The smallest absolute Gasteiger partial charge is 0.255 e. The summed E-state index contributed by atoms with van der Waals surface area (Å²) < 4.78 is 5.12. The van der Waals surface area contributed by atoms with E-state index in [4.69, 9.17) is 4.42 Å². The number of hydrogen-bond acceptors (Lipinski definition) is 4. The van der Waals surface area contributed by atoms with E-state index in [0.29, 0.717) is 23.6 Å². The van der Waals surface area contributed by atoms with Crippen LogP contribution in [0.15, 0.2) is 77.7 Å². The van der Waals surface area contributed by atoms with Crippen LogP contribution in [0.2, 0.25) is 0 Å². The summed E-state index contributed by atoms with van der Waals surface area (Å²) in [5.74, 6) is 0.144. The molecule has 6 heteroatoms. The van der Waals surface area contributed by atoms with Crippen molar-refractivity contribution in [2.45, 2.75) is 6.54 Å². The summed E-state index contributed by atoms with van der Waals surface area (Å²) in [5.41, 5.74) is 2.01. The van der Waals surface area contributed by atoms with Crippen molar-refractivity contribution >= 4 is 23.6 Å². The van der Waals surface area contributed by atoms with Crippen molar-refractivity contribution in [2.75, 3.05) is 5.32 Å². The molecule has 0 saturated carbocycles. The predicted molar refractivity (Wildman–Crippen MR) is 98.2 cm³/mol. The van der Waals surface area contributed by atoms with Gasteiger partial charge in [-0.2, -0.15) is 0 Å². The average molecular weight is 347 g/mol. The first-order chi connectivity index (χ1) is 12.7. The Morgan fingerprint density at radius 2 is 1.92 bits per heavy atom. The van der Waals surface area contributed by atoms with Crippen LogP contribution in [0, 0.1) is 0 Å². The number of furan rings is 1. The zero-order valence-corrected chi connectivity index (χ0v) is 13.9. The predicted octanol–water partition coefficient (Wildman–Crippen LogP) is 3.26. The molecule has 1 aromatic carbocycles. The van der Waals surface area contributed by atoms with Gasteiger partial charge < -0.3 is 15.1 Å². The van der Waals surface area contributed by atoms with Gasteiger partial charge in [0.15, 0.2) is 0 Å². The summed E-state index contributed by atoms with van der Waals surface area (Å²) in [6.07, 6.45) is 7.75. The number of benzene rings is 1. The molecule has 3 aromatic rings. The number of anilines is 1. The van der Waals surface area contributed by atoms with E-state index < -0.39 is 0 Å². The van der Waals surface area contributed by atoms with Crippen molar-refractivity contribution in [3.63, 3.8) is 0 Å². The van der Waals surface area contributed by atoms with Crippen molar-refractivity contribution in [1.29, 1.82) is 0 Å². The monoisotopic (exact) mass is 347 g/mol. The molecule has 26 heavy (non-hydrogen) atoms. The molecule has 130 valence electrons. The lowest BCUT2D eigenvalue weighted by molar-refractivity contribution is -0.116. The van der Waals surface area contributed by atoms with Gasteiger partial charge in [-0.1, -0.05) is 12.1 Å². The van der Waals surface area contributed by atoms with Gasteiger partial charge in [0, 0.05) is 36.3 Å². The van der Waals surface area contributed by atoms with Crippen LogP contribution in [0.25, 0.3) is 6.08 Å². The zero-order valence-electron chi connectivity index (χ0n) is 13.9. The van der Waals surface area contributed by atoms with E-state index in [9.17, 15) is 9.59 Å². The molecule has 0 aliphatic rings. The summed E-state index contributed by atoms with van der Waals surface area (Å²) in [7, 11) is 0. The molecule has 0 atom stereocenters. The second-order valence-electron chi connectivity index (χ2n) is 5.46. The van der Waals surface area contributed by atoms with Crippen LogP contribution in [0.1, 0.15) is 21.7 Å². The Kier molecular flexibility index (Phi) is 5.57. The minimum atomic E-state index is -0.243. The number of pyridine rings is 1. The standard InChI is InChI=1S/C20H17N3O3/c24-19(7-6-18-5-2-12-26-18)22-14-15-3-1-4-16(13-15)20(25)23-17-8-10-21-11-9-17/h1-13H,14H2,(H,22,24)(H,21,23,25)/b7-6+. The molecule has 0 spiro atoms. The molecule has 0 fully saturated rings. The number of amides is 2. The third-order valence-electron chi connectivity index (χ3n) is 3.54. The van der Waals surface area contributed by atoms with Gasteiger partial charge in [-0.3, -0.25) is 14.6 Å². The summed E-state index contributed by atoms with van der Waals surface area (Å²) in [6, 6.07) is 14.0. The molecule has 0 radical (unpaired) electrons. The van der Waals surface area contributed by atoms with Gasteiger partial charge in [0.2, 0.25) is 5.91 Å². The fourth-order valence-corrected chi connectivity index (χ4v) is 2.25. The van der Waals surface area contributed by atoms with Crippen molar-refractivity contribution < 1.29 is 14.0 Å². The first-order valence-corrected chi connectivity index (χ1v) is 8.00. The van der Waals surface area contributed by atoms with Crippen LogP contribution in [-0.2, 0) is 11.3 Å². The van der Waals surface area contributed by atoms with E-state index >= 15 is 0 Å². The molecular weight excluding hydrogens is 330 g/mol. The highest BCUT2D eigenvalue weighted by atomic mass is 16.3. The number of nitrogens with zero attached hydrogens (tertiary/aromatic N) is 1. The lowest BCUT2D eigenvalue weighted by atomic mass is 10.1. The Labute approximate surface area is 150 Å². The Bertz CT molecular complexity index is 903. The van der Waals surface area contributed by atoms with E-state index in [1.165, 1.54) is 6.08 Å². The van der Waals surface area contributed by atoms with E-state index in [0.717, 1.165) is 5.56 Å². The quantitative estimate of drug-likeness (QED) is 0.670. The van der Waals surface area contributed by atoms with Crippen LogP contribution < -0.4 is 10.6 Å². The van der Waals surface area contributed by atoms with Crippen molar-refractivity contribution in [1.82, 2.24) is 10.3 Å². The van der Waals surface area contributed by atoms with Crippen molar-refractivity contribution in [2.24, 2.45) is 0 Å². The maximum Gasteiger partial charge on any atom is 0.255 e. The maximum atomic E-state index is 12.3. The van der Waals surface area contributed by atoms with Gasteiger partial charge in [-0.05, 0) is 48.0 Å². The van der Waals surface area contributed by atoms with Gasteiger partial charge >= 0.3 is 0 Å². The number of hydrogen-bond donors (Lipinski definition) is 2. The Morgan fingerprint density at radius 1 is 1.08 bits per heavy atom. The van der Waals surface area contributed by atoms with Crippen LogP contribution in [0.5, 0.6) is 0 Å². The molecular formula is C20H17N3O3. The molecule has 2 aromatic heterocycles. The van der Waals surface area contributed by atoms with E-state index in [1.54, 1.807) is 67.2 Å². The minimum Gasteiger partial charge on any atom is -0.465 e. The van der Waals surface area contributed by atoms with Crippen LogP contribution in [-0.4, -0.2) is 16.8 Å². The maximum absolute atomic E-state index is 12.3. The van der Waals surface area contributed by atoms with Gasteiger partial charge in [-0.15, -0.1) is 0 Å². The van der Waals surface area contributed by atoms with Crippen molar-refractivity contribution in [3.05, 3.63) is 90.2 Å².